The summed E-state index contributed by atoms with van der Waals surface area (Å²) in [6.07, 6.45) is 2.76. The monoisotopic (exact) mass is 464 g/mol. The van der Waals surface area contributed by atoms with Gasteiger partial charge >= 0.3 is 5.97 Å². The first-order chi connectivity index (χ1) is 15.9. The number of carbonyl (C=O) groups excluding carboxylic acids is 2. The maximum Gasteiger partial charge on any atom is 0.347 e. The minimum absolute atomic E-state index is 0.0140. The van der Waals surface area contributed by atoms with Crippen molar-refractivity contribution in [3.05, 3.63) is 65.2 Å². The highest BCUT2D eigenvalue weighted by atomic mass is 16.5. The van der Waals surface area contributed by atoms with Crippen LogP contribution in [0.2, 0.25) is 0 Å². The molecule has 2 aromatic rings. The van der Waals surface area contributed by atoms with E-state index in [2.05, 4.69) is 11.9 Å². The minimum Gasteiger partial charge on any atom is -0.478 e. The number of amides is 1. The summed E-state index contributed by atoms with van der Waals surface area (Å²) in [6.45, 7) is 9.08. The van der Waals surface area contributed by atoms with Crippen molar-refractivity contribution in [1.82, 2.24) is 4.90 Å². The molecule has 0 saturated heterocycles. The van der Waals surface area contributed by atoms with E-state index in [1.165, 1.54) is 13.8 Å². The number of aliphatic carboxylic acids is 1. The summed E-state index contributed by atoms with van der Waals surface area (Å²) in [6, 6.07) is 13.7. The lowest BCUT2D eigenvalue weighted by atomic mass is 10.0. The Hall–Kier alpha value is -3.48. The summed E-state index contributed by atoms with van der Waals surface area (Å²) in [5, 5.41) is 9.27. The van der Waals surface area contributed by atoms with E-state index in [4.69, 9.17) is 4.74 Å². The van der Waals surface area contributed by atoms with Crippen LogP contribution in [0.1, 0.15) is 75.4 Å². The molecule has 0 unspecified atom stereocenters. The molecule has 34 heavy (non-hydrogen) atoms. The zero-order valence-electron chi connectivity index (χ0n) is 20.4. The van der Waals surface area contributed by atoms with Gasteiger partial charge in [0.2, 0.25) is 0 Å². The van der Waals surface area contributed by atoms with Gasteiger partial charge in [0, 0.05) is 17.5 Å². The number of unbranched alkanes of at least 4 members (excludes halogenated alkanes) is 1. The maximum atomic E-state index is 13.0. The molecule has 1 heterocycles. The third kappa shape index (κ3) is 5.53. The van der Waals surface area contributed by atoms with Crippen molar-refractivity contribution in [2.75, 3.05) is 0 Å². The summed E-state index contributed by atoms with van der Waals surface area (Å²) in [4.78, 5) is 43.6. The quantitative estimate of drug-likeness (QED) is 0.506. The normalized spacial score (nSPS) is 15.3. The number of hydrogen-bond donors (Lipinski definition) is 1. The van der Waals surface area contributed by atoms with Crippen LogP contribution < -0.4 is 4.74 Å². The van der Waals surface area contributed by atoms with E-state index in [0.29, 0.717) is 23.4 Å². The lowest BCUT2D eigenvalue weighted by Gasteiger charge is -2.21. The van der Waals surface area contributed by atoms with Crippen LogP contribution in [0.4, 0.5) is 0 Å². The molecule has 7 heteroatoms. The van der Waals surface area contributed by atoms with Crippen molar-refractivity contribution in [3.63, 3.8) is 0 Å². The van der Waals surface area contributed by atoms with Gasteiger partial charge in [-0.15, -0.1) is 0 Å². The zero-order chi connectivity index (χ0) is 25.1. The first-order valence-corrected chi connectivity index (χ1v) is 11.5. The number of ether oxygens (including phenoxy) is 1. The van der Waals surface area contributed by atoms with Crippen molar-refractivity contribution < 1.29 is 24.2 Å². The summed E-state index contributed by atoms with van der Waals surface area (Å²) in [7, 11) is 0. The van der Waals surface area contributed by atoms with Crippen LogP contribution in [-0.2, 0) is 16.1 Å². The Morgan fingerprint density at radius 3 is 2.38 bits per heavy atom. The largest absolute Gasteiger partial charge is 0.478 e. The van der Waals surface area contributed by atoms with Gasteiger partial charge in [-0.3, -0.25) is 19.5 Å². The number of rotatable bonds is 10. The van der Waals surface area contributed by atoms with E-state index >= 15 is 0 Å². The number of carbonyl (C=O) groups is 3. The number of hydrogen-bond acceptors (Lipinski definition) is 5. The van der Waals surface area contributed by atoms with Crippen LogP contribution >= 0.6 is 0 Å². The van der Waals surface area contributed by atoms with Gasteiger partial charge in [-0.05, 0) is 51.8 Å². The van der Waals surface area contributed by atoms with Gasteiger partial charge in [0.05, 0.1) is 6.54 Å². The Labute approximate surface area is 200 Å². The number of ketones is 1. The molecule has 0 spiro atoms. The van der Waals surface area contributed by atoms with Gasteiger partial charge in [0.15, 0.2) is 11.4 Å². The first kappa shape index (κ1) is 25.1. The molecule has 0 bridgehead atoms. The highest BCUT2D eigenvalue weighted by molar-refractivity contribution is 6.09. The average molecular weight is 465 g/mol. The standard InChI is InChI=1S/C27H32N2O5/c1-6-7-11-22-28-26(2,3)24(31)29(22)17-18-12-14-19(15-13-18)23(30)20-9-8-10-21(16-20)34-27(4,5)25(32)33/h8-10,12-16H,6-7,11,17H2,1-5H3,(H,32,33). The Kier molecular flexibility index (Phi) is 7.24. The molecular weight excluding hydrogens is 432 g/mol. The fourth-order valence-electron chi connectivity index (χ4n) is 3.72. The highest BCUT2D eigenvalue weighted by Gasteiger charge is 2.40. The molecule has 0 radical (unpaired) electrons. The summed E-state index contributed by atoms with van der Waals surface area (Å²) in [5.41, 5.74) is -0.360. The van der Waals surface area contributed by atoms with Gasteiger partial charge in [-0.1, -0.05) is 49.7 Å². The summed E-state index contributed by atoms with van der Waals surface area (Å²) >= 11 is 0. The predicted molar refractivity (Wildman–Crippen MR) is 130 cm³/mol. The smallest absolute Gasteiger partial charge is 0.347 e. The van der Waals surface area contributed by atoms with Crippen molar-refractivity contribution in [1.29, 1.82) is 0 Å². The van der Waals surface area contributed by atoms with Crippen molar-refractivity contribution in [2.45, 2.75) is 71.6 Å². The minimum atomic E-state index is -1.41. The number of aliphatic imine (C=N–C) groups is 1. The van der Waals surface area contributed by atoms with Crippen LogP contribution in [-0.4, -0.2) is 44.6 Å². The van der Waals surface area contributed by atoms with E-state index in [1.54, 1.807) is 41.3 Å². The van der Waals surface area contributed by atoms with Crippen LogP contribution in [0, 0.1) is 0 Å². The molecule has 0 saturated carbocycles. The van der Waals surface area contributed by atoms with E-state index in [1.807, 2.05) is 26.0 Å². The Bertz CT molecular complexity index is 1120. The molecule has 1 aliphatic rings. The zero-order valence-corrected chi connectivity index (χ0v) is 20.4. The second-order valence-electron chi connectivity index (χ2n) is 9.55. The van der Waals surface area contributed by atoms with Crippen molar-refractivity contribution in [2.24, 2.45) is 4.99 Å². The number of benzene rings is 2. The predicted octanol–water partition coefficient (Wildman–Crippen LogP) is 4.87. The third-order valence-electron chi connectivity index (χ3n) is 5.78. The molecule has 0 aliphatic carbocycles. The number of nitrogens with zero attached hydrogens (tertiary/aromatic N) is 2. The molecule has 0 fully saturated rings. The van der Waals surface area contributed by atoms with E-state index in [9.17, 15) is 19.5 Å². The lowest BCUT2D eigenvalue weighted by Crippen LogP contribution is -2.38. The molecule has 3 rings (SSSR count). The van der Waals surface area contributed by atoms with E-state index in [0.717, 1.165) is 30.7 Å². The fourth-order valence-corrected chi connectivity index (χ4v) is 3.72. The summed E-state index contributed by atoms with van der Waals surface area (Å²) in [5.74, 6) is -0.182. The Morgan fingerprint density at radius 1 is 1.09 bits per heavy atom. The topological polar surface area (TPSA) is 96.3 Å². The molecule has 0 aromatic heterocycles. The van der Waals surface area contributed by atoms with Crippen LogP contribution in [0.25, 0.3) is 0 Å². The maximum absolute atomic E-state index is 13.0. The molecule has 1 aliphatic heterocycles. The van der Waals surface area contributed by atoms with Gasteiger partial charge in [0.1, 0.15) is 17.1 Å². The van der Waals surface area contributed by atoms with Crippen LogP contribution in [0.3, 0.4) is 0 Å². The summed E-state index contributed by atoms with van der Waals surface area (Å²) < 4.78 is 5.55. The number of amidine groups is 1. The Morgan fingerprint density at radius 2 is 1.76 bits per heavy atom. The molecule has 7 nitrogen and oxygen atoms in total. The molecular formula is C27H32N2O5. The van der Waals surface area contributed by atoms with Crippen LogP contribution in [0.5, 0.6) is 5.75 Å². The molecule has 2 aromatic carbocycles. The van der Waals surface area contributed by atoms with Gasteiger partial charge in [0.25, 0.3) is 5.91 Å². The first-order valence-electron chi connectivity index (χ1n) is 11.5. The number of carboxylic acids is 1. The van der Waals surface area contributed by atoms with E-state index in [-0.39, 0.29) is 11.7 Å². The fraction of sp³-hybridized carbons (Fsp3) is 0.407. The Balaban J connectivity index is 1.74. The van der Waals surface area contributed by atoms with Crippen molar-refractivity contribution >= 4 is 23.5 Å². The van der Waals surface area contributed by atoms with Crippen LogP contribution in [0.15, 0.2) is 53.5 Å². The van der Waals surface area contributed by atoms with Crippen molar-refractivity contribution in [3.8, 4) is 5.75 Å². The lowest BCUT2D eigenvalue weighted by molar-refractivity contribution is -0.152. The second kappa shape index (κ2) is 9.79. The second-order valence-corrected chi connectivity index (χ2v) is 9.55. The van der Waals surface area contributed by atoms with Gasteiger partial charge in [-0.2, -0.15) is 0 Å². The third-order valence-corrected chi connectivity index (χ3v) is 5.78. The number of carboxylic acid groups (broad SMARTS) is 1. The highest BCUT2D eigenvalue weighted by Crippen LogP contribution is 2.27. The average Bonchev–Trinajstić information content (AvgIpc) is 3.00. The van der Waals surface area contributed by atoms with E-state index < -0.39 is 17.1 Å². The SMILES string of the molecule is CCCCC1=NC(C)(C)C(=O)N1Cc1ccc(C(=O)c2cccc(OC(C)(C)C(=O)O)c2)cc1. The molecule has 1 amide bonds. The molecule has 180 valence electrons. The molecule has 0 atom stereocenters. The molecule has 1 N–H and O–H groups in total. The van der Waals surface area contributed by atoms with Gasteiger partial charge < -0.3 is 9.84 Å². The van der Waals surface area contributed by atoms with Gasteiger partial charge in [-0.25, -0.2) is 4.79 Å².